The van der Waals surface area contributed by atoms with Gasteiger partial charge in [-0.05, 0) is 13.0 Å². The Balaban J connectivity index is 1.59. The molecule has 4 rings (SSSR count). The maximum absolute atomic E-state index is 12.3. The van der Waals surface area contributed by atoms with Crippen LogP contribution in [0.25, 0.3) is 5.78 Å². The van der Waals surface area contributed by atoms with Crippen molar-refractivity contribution in [2.24, 2.45) is 0 Å². The lowest BCUT2D eigenvalue weighted by Crippen LogP contribution is -2.47. The summed E-state index contributed by atoms with van der Waals surface area (Å²) in [6, 6.07) is 6.37. The van der Waals surface area contributed by atoms with E-state index in [1.807, 2.05) is 13.0 Å². The molecule has 0 atom stereocenters. The molecule has 0 radical (unpaired) electrons. The monoisotopic (exact) mass is 396 g/mol. The molecule has 0 spiro atoms. The van der Waals surface area contributed by atoms with Gasteiger partial charge in [0.2, 0.25) is 0 Å². The van der Waals surface area contributed by atoms with Gasteiger partial charge in [0, 0.05) is 57.1 Å². The van der Waals surface area contributed by atoms with E-state index in [0.29, 0.717) is 43.2 Å². The number of piperazine rings is 1. The number of aryl methyl sites for hydroxylation is 1. The van der Waals surface area contributed by atoms with Crippen molar-refractivity contribution in [1.82, 2.24) is 24.9 Å². The lowest BCUT2D eigenvalue weighted by atomic mass is 10.1. The van der Waals surface area contributed by atoms with E-state index < -0.39 is 4.92 Å². The first-order valence-electron chi connectivity index (χ1n) is 9.15. The molecule has 150 valence electrons. The maximum atomic E-state index is 12.3. The molecule has 0 bridgehead atoms. The fourth-order valence-corrected chi connectivity index (χ4v) is 3.54. The standard InChI is InChI=1S/C18H20N8O3/c1-12-9-16(25-18(22-12)20-11-21-25)24-7-5-23(6-8-24)15-4-3-13(26(28)29)10-14(15)17(27)19-2/h3-4,9-11H,5-8H2,1-2H3,(H,19,27). The third-order valence-electron chi connectivity index (χ3n) is 4.97. The lowest BCUT2D eigenvalue weighted by molar-refractivity contribution is -0.384. The first-order chi connectivity index (χ1) is 14.0. The molecule has 1 saturated heterocycles. The van der Waals surface area contributed by atoms with Crippen molar-refractivity contribution in [3.05, 3.63) is 52.0 Å². The number of non-ortho nitro benzene ring substituents is 1. The molecule has 1 aromatic carbocycles. The number of nitro benzene ring substituents is 1. The van der Waals surface area contributed by atoms with Gasteiger partial charge in [0.05, 0.1) is 16.2 Å². The number of fused-ring (bicyclic) bond motifs is 1. The summed E-state index contributed by atoms with van der Waals surface area (Å²) in [5.41, 5.74) is 1.74. The van der Waals surface area contributed by atoms with E-state index in [2.05, 4.69) is 30.2 Å². The topological polar surface area (TPSA) is 122 Å². The Bertz CT molecular complexity index is 1090. The first kappa shape index (κ1) is 18.6. The summed E-state index contributed by atoms with van der Waals surface area (Å²) < 4.78 is 1.71. The number of nitrogens with one attached hydrogen (secondary N) is 1. The molecule has 11 heteroatoms. The van der Waals surface area contributed by atoms with Crippen molar-refractivity contribution in [1.29, 1.82) is 0 Å². The second-order valence-corrected chi connectivity index (χ2v) is 6.74. The molecule has 11 nitrogen and oxygen atoms in total. The van der Waals surface area contributed by atoms with E-state index in [0.717, 1.165) is 11.5 Å². The van der Waals surface area contributed by atoms with Crippen LogP contribution in [0.3, 0.4) is 0 Å². The van der Waals surface area contributed by atoms with Crippen LogP contribution in [0.2, 0.25) is 0 Å². The number of hydrogen-bond acceptors (Lipinski definition) is 8. The molecular weight excluding hydrogens is 376 g/mol. The molecule has 0 aliphatic carbocycles. The van der Waals surface area contributed by atoms with Crippen molar-refractivity contribution in [2.75, 3.05) is 43.0 Å². The Hall–Kier alpha value is -3.76. The van der Waals surface area contributed by atoms with Crippen LogP contribution in [0.1, 0.15) is 16.1 Å². The summed E-state index contributed by atoms with van der Waals surface area (Å²) in [6.07, 6.45) is 1.48. The van der Waals surface area contributed by atoms with Gasteiger partial charge in [-0.1, -0.05) is 0 Å². The summed E-state index contributed by atoms with van der Waals surface area (Å²) in [5.74, 6) is 1.12. The zero-order chi connectivity index (χ0) is 20.5. The highest BCUT2D eigenvalue weighted by Crippen LogP contribution is 2.27. The van der Waals surface area contributed by atoms with Crippen molar-refractivity contribution in [3.63, 3.8) is 0 Å². The minimum absolute atomic E-state index is 0.105. The molecule has 1 amide bonds. The van der Waals surface area contributed by atoms with Gasteiger partial charge in [-0.3, -0.25) is 14.9 Å². The molecule has 3 heterocycles. The first-order valence-corrected chi connectivity index (χ1v) is 9.15. The molecule has 29 heavy (non-hydrogen) atoms. The number of anilines is 2. The predicted octanol–water partition coefficient (Wildman–Crippen LogP) is 1.03. The van der Waals surface area contributed by atoms with E-state index in [1.54, 1.807) is 10.6 Å². The van der Waals surface area contributed by atoms with Crippen molar-refractivity contribution in [3.8, 4) is 0 Å². The summed E-state index contributed by atoms with van der Waals surface area (Å²) in [7, 11) is 1.51. The Morgan fingerprint density at radius 2 is 1.90 bits per heavy atom. The SMILES string of the molecule is CNC(=O)c1cc([N+](=O)[O-])ccc1N1CCN(c2cc(C)nc3ncnn23)CC1. The quantitative estimate of drug-likeness (QED) is 0.512. The van der Waals surface area contributed by atoms with Gasteiger partial charge in [0.1, 0.15) is 12.1 Å². The normalized spacial score (nSPS) is 14.3. The molecule has 2 aromatic heterocycles. The van der Waals surface area contributed by atoms with Gasteiger partial charge in [-0.25, -0.2) is 4.98 Å². The minimum Gasteiger partial charge on any atom is -0.367 e. The number of rotatable bonds is 4. The third-order valence-corrected chi connectivity index (χ3v) is 4.97. The molecule has 1 aliphatic heterocycles. The zero-order valence-electron chi connectivity index (χ0n) is 16.1. The fourth-order valence-electron chi connectivity index (χ4n) is 3.54. The van der Waals surface area contributed by atoms with E-state index in [1.165, 1.54) is 25.5 Å². The third kappa shape index (κ3) is 3.42. The Morgan fingerprint density at radius 3 is 2.59 bits per heavy atom. The highest BCUT2D eigenvalue weighted by Gasteiger charge is 2.25. The molecular formula is C18H20N8O3. The number of benzene rings is 1. The average molecular weight is 396 g/mol. The van der Waals surface area contributed by atoms with Crippen LogP contribution in [-0.4, -0.2) is 63.6 Å². The van der Waals surface area contributed by atoms with E-state index >= 15 is 0 Å². The molecule has 1 fully saturated rings. The molecule has 0 unspecified atom stereocenters. The fraction of sp³-hybridized carbons (Fsp3) is 0.333. The summed E-state index contributed by atoms with van der Waals surface area (Å²) in [4.78, 5) is 35.7. The number of carbonyl (C=O) groups excluding carboxylic acids is 1. The summed E-state index contributed by atoms with van der Waals surface area (Å²) in [5, 5.41) is 17.9. The van der Waals surface area contributed by atoms with Crippen molar-refractivity contribution < 1.29 is 9.72 Å². The van der Waals surface area contributed by atoms with E-state index in [9.17, 15) is 14.9 Å². The smallest absolute Gasteiger partial charge is 0.270 e. The lowest BCUT2D eigenvalue weighted by Gasteiger charge is -2.37. The minimum atomic E-state index is -0.497. The summed E-state index contributed by atoms with van der Waals surface area (Å²) in [6.45, 7) is 4.62. The van der Waals surface area contributed by atoms with Crippen LogP contribution in [0.15, 0.2) is 30.6 Å². The number of carbonyl (C=O) groups is 1. The number of nitro groups is 1. The van der Waals surface area contributed by atoms with Gasteiger partial charge < -0.3 is 15.1 Å². The Morgan fingerprint density at radius 1 is 1.17 bits per heavy atom. The summed E-state index contributed by atoms with van der Waals surface area (Å²) >= 11 is 0. The maximum Gasteiger partial charge on any atom is 0.270 e. The van der Waals surface area contributed by atoms with E-state index in [4.69, 9.17) is 0 Å². The second kappa shape index (κ2) is 7.34. The number of hydrogen-bond donors (Lipinski definition) is 1. The van der Waals surface area contributed by atoms with Gasteiger partial charge >= 0.3 is 0 Å². The van der Waals surface area contributed by atoms with Crippen LogP contribution in [0.5, 0.6) is 0 Å². The molecule has 1 N–H and O–H groups in total. The van der Waals surface area contributed by atoms with Crippen LogP contribution in [-0.2, 0) is 0 Å². The average Bonchev–Trinajstić information content (AvgIpc) is 3.20. The highest BCUT2D eigenvalue weighted by atomic mass is 16.6. The molecule has 0 saturated carbocycles. The van der Waals surface area contributed by atoms with E-state index in [-0.39, 0.29) is 11.6 Å². The Kier molecular flexibility index (Phi) is 4.71. The number of aromatic nitrogens is 4. The Labute approximate surface area is 166 Å². The van der Waals surface area contributed by atoms with Crippen LogP contribution in [0, 0.1) is 17.0 Å². The number of nitrogens with zero attached hydrogens (tertiary/aromatic N) is 7. The van der Waals surface area contributed by atoms with Gasteiger partial charge in [0.15, 0.2) is 0 Å². The highest BCUT2D eigenvalue weighted by molar-refractivity contribution is 6.00. The van der Waals surface area contributed by atoms with Gasteiger partial charge in [-0.2, -0.15) is 14.6 Å². The van der Waals surface area contributed by atoms with Crippen molar-refractivity contribution >= 4 is 28.9 Å². The predicted molar refractivity (Wildman–Crippen MR) is 106 cm³/mol. The van der Waals surface area contributed by atoms with Gasteiger partial charge in [0.25, 0.3) is 17.4 Å². The van der Waals surface area contributed by atoms with Gasteiger partial charge in [-0.15, -0.1) is 0 Å². The second-order valence-electron chi connectivity index (χ2n) is 6.74. The van der Waals surface area contributed by atoms with Crippen LogP contribution in [0.4, 0.5) is 17.2 Å². The van der Waals surface area contributed by atoms with Crippen LogP contribution >= 0.6 is 0 Å². The molecule has 1 aliphatic rings. The number of amides is 1. The molecule has 3 aromatic rings. The zero-order valence-corrected chi connectivity index (χ0v) is 16.1. The van der Waals surface area contributed by atoms with Crippen molar-refractivity contribution in [2.45, 2.75) is 6.92 Å². The largest absolute Gasteiger partial charge is 0.367 e. The van der Waals surface area contributed by atoms with Crippen LogP contribution < -0.4 is 15.1 Å².